The third-order valence-corrected chi connectivity index (χ3v) is 3.46. The highest BCUT2D eigenvalue weighted by Gasteiger charge is 2.18. The van der Waals surface area contributed by atoms with E-state index in [2.05, 4.69) is 5.10 Å². The van der Waals surface area contributed by atoms with Gasteiger partial charge in [-0.2, -0.15) is 5.10 Å². The Morgan fingerprint density at radius 1 is 1.35 bits per heavy atom. The summed E-state index contributed by atoms with van der Waals surface area (Å²) in [6.07, 6.45) is 0.209. The van der Waals surface area contributed by atoms with Crippen LogP contribution in [0, 0.1) is 0 Å². The predicted molar refractivity (Wildman–Crippen MR) is 84.8 cm³/mol. The summed E-state index contributed by atoms with van der Waals surface area (Å²) in [4.78, 5) is 34.9. The van der Waals surface area contributed by atoms with Crippen LogP contribution < -0.4 is 11.3 Å². The number of carbonyl (C=O) groups is 2. The Hall–Kier alpha value is -2.96. The molecule has 0 spiro atoms. The lowest BCUT2D eigenvalue weighted by Crippen LogP contribution is -2.29. The summed E-state index contributed by atoms with van der Waals surface area (Å²) in [5.41, 5.74) is 6.45. The van der Waals surface area contributed by atoms with E-state index >= 15 is 0 Å². The predicted octanol–water partition coefficient (Wildman–Crippen LogP) is 1.34. The molecule has 0 unspecified atom stereocenters. The molecule has 23 heavy (non-hydrogen) atoms. The molecule has 0 saturated carbocycles. The first-order valence-electron chi connectivity index (χ1n) is 7.07. The van der Waals surface area contributed by atoms with Crippen LogP contribution in [0.2, 0.25) is 0 Å². The topological polar surface area (TPSA) is 115 Å². The largest absolute Gasteiger partial charge is 0.478 e. The number of carboxylic acid groups (broad SMARTS) is 1. The number of hydrogen-bond donors (Lipinski definition) is 2. The third kappa shape index (κ3) is 3.28. The first-order valence-corrected chi connectivity index (χ1v) is 7.07. The van der Waals surface area contributed by atoms with Crippen LogP contribution in [0.4, 0.5) is 5.69 Å². The number of rotatable bonds is 5. The minimum Gasteiger partial charge on any atom is -0.478 e. The number of nitrogens with two attached hydrogens (primary N) is 1. The van der Waals surface area contributed by atoms with E-state index in [9.17, 15) is 14.4 Å². The van der Waals surface area contributed by atoms with Crippen molar-refractivity contribution in [2.45, 2.75) is 26.8 Å². The number of carbonyl (C=O) groups excluding carboxylic acids is 1. The van der Waals surface area contributed by atoms with Gasteiger partial charge in [0.25, 0.3) is 5.56 Å². The molecule has 2 aromatic rings. The second-order valence-electron chi connectivity index (χ2n) is 5.09. The minimum absolute atomic E-state index is 0.0976. The van der Waals surface area contributed by atoms with E-state index in [4.69, 9.17) is 10.8 Å². The number of anilines is 1. The third-order valence-electron chi connectivity index (χ3n) is 3.46. The summed E-state index contributed by atoms with van der Waals surface area (Å²) < 4.78 is 1.19. The zero-order valence-corrected chi connectivity index (χ0v) is 12.9. The molecule has 7 nitrogen and oxygen atoms in total. The Kier molecular flexibility index (Phi) is 4.59. The Labute approximate surface area is 132 Å². The fraction of sp³-hybridized carbons (Fsp3) is 0.250. The molecule has 0 amide bonds. The zero-order valence-electron chi connectivity index (χ0n) is 12.9. The van der Waals surface area contributed by atoms with E-state index < -0.39 is 11.5 Å². The highest BCUT2D eigenvalue weighted by molar-refractivity contribution is 6.00. The van der Waals surface area contributed by atoms with Crippen molar-refractivity contribution in [2.24, 2.45) is 0 Å². The Balaban J connectivity index is 2.57. The summed E-state index contributed by atoms with van der Waals surface area (Å²) in [6, 6.07) is 6.33. The Morgan fingerprint density at radius 3 is 2.61 bits per heavy atom. The van der Waals surface area contributed by atoms with Crippen molar-refractivity contribution in [3.63, 3.8) is 0 Å². The summed E-state index contributed by atoms with van der Waals surface area (Å²) in [7, 11) is 0. The maximum absolute atomic E-state index is 12.0. The van der Waals surface area contributed by atoms with E-state index in [0.717, 1.165) is 0 Å². The van der Waals surface area contributed by atoms with Crippen LogP contribution in [0.5, 0.6) is 0 Å². The molecule has 0 aliphatic heterocycles. The number of carboxylic acids is 1. The fourth-order valence-electron chi connectivity index (χ4n) is 2.38. The number of aromatic carboxylic acids is 1. The number of nitrogen functional groups attached to an aromatic ring is 1. The molecule has 0 atom stereocenters. The van der Waals surface area contributed by atoms with Gasteiger partial charge in [-0.15, -0.1) is 0 Å². The molecule has 3 N–H and O–H groups in total. The number of aromatic nitrogens is 2. The van der Waals surface area contributed by atoms with Crippen LogP contribution in [0.15, 0.2) is 29.1 Å². The van der Waals surface area contributed by atoms with Crippen molar-refractivity contribution in [2.75, 3.05) is 5.73 Å². The average Bonchev–Trinajstić information content (AvgIpc) is 2.50. The first kappa shape index (κ1) is 16.4. The summed E-state index contributed by atoms with van der Waals surface area (Å²) in [5.74, 6) is -1.38. The van der Waals surface area contributed by atoms with Gasteiger partial charge in [-0.05, 0) is 31.5 Å². The molecule has 1 aromatic heterocycles. The number of Topliss-reactive ketones (excluding diaryl/α,β-unsaturated/α-hetero) is 1. The smallest absolute Gasteiger partial charge is 0.335 e. The van der Waals surface area contributed by atoms with Crippen LogP contribution in [0.3, 0.4) is 0 Å². The van der Waals surface area contributed by atoms with Crippen LogP contribution in [-0.2, 0) is 13.0 Å². The van der Waals surface area contributed by atoms with Crippen LogP contribution in [0.1, 0.15) is 45.8 Å². The van der Waals surface area contributed by atoms with Gasteiger partial charge in [0, 0.05) is 13.0 Å². The Morgan fingerprint density at radius 2 is 2.04 bits per heavy atom. The molecule has 1 aromatic carbocycles. The number of aryl methyl sites for hydroxylation is 1. The van der Waals surface area contributed by atoms with Crippen molar-refractivity contribution < 1.29 is 14.7 Å². The molecule has 1 heterocycles. The molecular formula is C16H17N3O4. The molecule has 0 aliphatic rings. The van der Waals surface area contributed by atoms with Gasteiger partial charge in [-0.25, -0.2) is 9.48 Å². The van der Waals surface area contributed by atoms with E-state index in [1.807, 2.05) is 0 Å². The van der Waals surface area contributed by atoms with Gasteiger partial charge >= 0.3 is 5.97 Å². The number of ketones is 1. The molecule has 0 radical (unpaired) electrons. The normalized spacial score (nSPS) is 10.5. The van der Waals surface area contributed by atoms with Gasteiger partial charge in [0.15, 0.2) is 5.78 Å². The lowest BCUT2D eigenvalue weighted by atomic mass is 10.0. The van der Waals surface area contributed by atoms with E-state index in [-0.39, 0.29) is 29.0 Å². The zero-order chi connectivity index (χ0) is 17.1. The number of nitrogens with zero attached hydrogens (tertiary/aromatic N) is 2. The van der Waals surface area contributed by atoms with Gasteiger partial charge in [0.1, 0.15) is 5.69 Å². The van der Waals surface area contributed by atoms with Crippen molar-refractivity contribution >= 4 is 17.4 Å². The van der Waals surface area contributed by atoms with Crippen molar-refractivity contribution in [3.8, 4) is 0 Å². The minimum atomic E-state index is -1.04. The molecule has 0 bridgehead atoms. The average molecular weight is 315 g/mol. The van der Waals surface area contributed by atoms with Crippen molar-refractivity contribution in [3.05, 3.63) is 57.0 Å². The van der Waals surface area contributed by atoms with Gasteiger partial charge in [-0.1, -0.05) is 12.1 Å². The molecule has 0 fully saturated rings. The second kappa shape index (κ2) is 6.43. The monoisotopic (exact) mass is 315 g/mol. The molecule has 120 valence electrons. The molecule has 2 rings (SSSR count). The quantitative estimate of drug-likeness (QED) is 0.804. The number of benzene rings is 1. The first-order chi connectivity index (χ1) is 10.8. The standard InChI is InChI=1S/C16H17N3O4/c1-3-19-15(21)14(17)13(9(2)20)12(18-19)8-10-5-4-6-11(7-10)16(22)23/h4-7H,3,8,17H2,1-2H3,(H,22,23). The number of hydrogen-bond acceptors (Lipinski definition) is 5. The lowest BCUT2D eigenvalue weighted by molar-refractivity contribution is 0.0696. The van der Waals surface area contributed by atoms with Crippen LogP contribution >= 0.6 is 0 Å². The molecular weight excluding hydrogens is 298 g/mol. The van der Waals surface area contributed by atoms with Gasteiger partial charge < -0.3 is 10.8 Å². The maximum Gasteiger partial charge on any atom is 0.335 e. The fourth-order valence-corrected chi connectivity index (χ4v) is 2.38. The van der Waals surface area contributed by atoms with Crippen LogP contribution in [-0.4, -0.2) is 26.6 Å². The highest BCUT2D eigenvalue weighted by atomic mass is 16.4. The lowest BCUT2D eigenvalue weighted by Gasteiger charge is -2.12. The SMILES string of the molecule is CCn1nc(Cc2cccc(C(=O)O)c2)c(C(C)=O)c(N)c1=O. The van der Waals surface area contributed by atoms with Gasteiger partial charge in [-0.3, -0.25) is 9.59 Å². The summed E-state index contributed by atoms with van der Waals surface area (Å²) in [6.45, 7) is 3.39. The van der Waals surface area contributed by atoms with E-state index in [1.54, 1.807) is 19.1 Å². The Bertz CT molecular complexity index is 840. The second-order valence-corrected chi connectivity index (χ2v) is 5.09. The van der Waals surface area contributed by atoms with Gasteiger partial charge in [0.2, 0.25) is 0 Å². The molecule has 0 aliphatic carbocycles. The van der Waals surface area contributed by atoms with E-state index in [1.165, 1.54) is 23.7 Å². The summed E-state index contributed by atoms with van der Waals surface area (Å²) in [5, 5.41) is 13.2. The van der Waals surface area contributed by atoms with Gasteiger partial charge in [0.05, 0.1) is 16.8 Å². The van der Waals surface area contributed by atoms with Crippen molar-refractivity contribution in [1.29, 1.82) is 0 Å². The maximum atomic E-state index is 12.0. The molecule has 0 saturated heterocycles. The summed E-state index contributed by atoms with van der Waals surface area (Å²) >= 11 is 0. The highest BCUT2D eigenvalue weighted by Crippen LogP contribution is 2.17. The van der Waals surface area contributed by atoms with Crippen LogP contribution in [0.25, 0.3) is 0 Å². The van der Waals surface area contributed by atoms with E-state index in [0.29, 0.717) is 17.8 Å². The molecule has 7 heteroatoms. The van der Waals surface area contributed by atoms with Crippen molar-refractivity contribution in [1.82, 2.24) is 9.78 Å².